The Morgan fingerprint density at radius 2 is 1.94 bits per heavy atom. The molecule has 0 fully saturated rings. The number of unbranched alkanes of at least 4 members (excludes halogenated alkanes) is 2. The van der Waals surface area contributed by atoms with Crippen molar-refractivity contribution in [1.29, 1.82) is 0 Å². The van der Waals surface area contributed by atoms with Crippen molar-refractivity contribution in [1.82, 2.24) is 4.90 Å². The van der Waals surface area contributed by atoms with Crippen LogP contribution in [0.4, 0.5) is 0 Å². The molecule has 0 saturated carbocycles. The second kappa shape index (κ2) is 10.2. The molecule has 0 radical (unpaired) electrons. The van der Waals surface area contributed by atoms with Crippen molar-refractivity contribution in [2.75, 3.05) is 13.2 Å². The maximum atomic E-state index is 13.7. The summed E-state index contributed by atoms with van der Waals surface area (Å²) in [4.78, 5) is 29.0. The molecule has 1 aliphatic rings. The highest BCUT2D eigenvalue weighted by Crippen LogP contribution is 2.39. The minimum atomic E-state index is -0.520. The molecule has 0 N–H and O–H groups in total. The molecule has 3 aromatic rings. The number of hydrogen-bond donors (Lipinski definition) is 0. The van der Waals surface area contributed by atoms with E-state index in [2.05, 4.69) is 20.8 Å². The third-order valence-corrected chi connectivity index (χ3v) is 6.79. The topological polar surface area (TPSA) is 59.8 Å². The predicted molar refractivity (Wildman–Crippen MR) is 136 cm³/mol. The highest BCUT2D eigenvalue weighted by atomic mass is 35.5. The van der Waals surface area contributed by atoms with Gasteiger partial charge < -0.3 is 14.1 Å². The Hall–Kier alpha value is -2.79. The average Bonchev–Trinajstić information content (AvgIpc) is 3.07. The number of ether oxygens (including phenoxy) is 1. The van der Waals surface area contributed by atoms with Crippen molar-refractivity contribution >= 4 is 28.5 Å². The van der Waals surface area contributed by atoms with Crippen LogP contribution in [0.3, 0.4) is 0 Å². The van der Waals surface area contributed by atoms with Gasteiger partial charge in [-0.2, -0.15) is 0 Å². The van der Waals surface area contributed by atoms with E-state index in [-0.39, 0.29) is 17.1 Å². The number of nitrogens with zero attached hydrogens (tertiary/aromatic N) is 1. The summed E-state index contributed by atoms with van der Waals surface area (Å²) in [5, 5.41) is 0.896. The van der Waals surface area contributed by atoms with Gasteiger partial charge in [0.1, 0.15) is 11.3 Å². The van der Waals surface area contributed by atoms with Crippen LogP contribution in [0.25, 0.3) is 11.0 Å². The Morgan fingerprint density at radius 3 is 2.68 bits per heavy atom. The highest BCUT2D eigenvalue weighted by molar-refractivity contribution is 6.32. The summed E-state index contributed by atoms with van der Waals surface area (Å²) in [6, 6.07) is 10.6. The van der Waals surface area contributed by atoms with Gasteiger partial charge in [0.2, 0.25) is 5.76 Å². The molecule has 0 saturated heterocycles. The Labute approximate surface area is 205 Å². The zero-order chi connectivity index (χ0) is 24.4. The van der Waals surface area contributed by atoms with Gasteiger partial charge in [0.05, 0.1) is 23.6 Å². The first kappa shape index (κ1) is 24.3. The van der Waals surface area contributed by atoms with Gasteiger partial charge >= 0.3 is 0 Å². The molecular weight excluding hydrogens is 450 g/mol. The zero-order valence-electron chi connectivity index (χ0n) is 20.3. The third kappa shape index (κ3) is 4.72. The maximum Gasteiger partial charge on any atom is 0.290 e. The number of hydrogen-bond acceptors (Lipinski definition) is 4. The van der Waals surface area contributed by atoms with E-state index in [1.165, 1.54) is 0 Å². The molecule has 2 aromatic carbocycles. The van der Waals surface area contributed by atoms with Gasteiger partial charge in [-0.25, -0.2) is 0 Å². The number of carbonyl (C=O) groups is 1. The number of aryl methyl sites for hydroxylation is 1. The van der Waals surface area contributed by atoms with Crippen molar-refractivity contribution in [2.45, 2.75) is 59.4 Å². The van der Waals surface area contributed by atoms with E-state index in [1.807, 2.05) is 31.2 Å². The second-order valence-corrected chi connectivity index (χ2v) is 9.89. The summed E-state index contributed by atoms with van der Waals surface area (Å²) in [6.07, 6.45) is 3.85. The van der Waals surface area contributed by atoms with Gasteiger partial charge in [0, 0.05) is 11.6 Å². The summed E-state index contributed by atoms with van der Waals surface area (Å²) in [5.41, 5.74) is 2.20. The lowest BCUT2D eigenvalue weighted by Gasteiger charge is -2.25. The Kier molecular flexibility index (Phi) is 7.32. The maximum absolute atomic E-state index is 13.7. The zero-order valence-corrected chi connectivity index (χ0v) is 21.1. The summed E-state index contributed by atoms with van der Waals surface area (Å²) < 4.78 is 12.0. The van der Waals surface area contributed by atoms with E-state index in [0.29, 0.717) is 40.6 Å². The van der Waals surface area contributed by atoms with Gasteiger partial charge in [-0.1, -0.05) is 57.3 Å². The molecular formula is C28H32ClNO4. The molecule has 1 amide bonds. The van der Waals surface area contributed by atoms with E-state index in [1.54, 1.807) is 17.0 Å². The van der Waals surface area contributed by atoms with Gasteiger partial charge in [0.15, 0.2) is 5.43 Å². The predicted octanol–water partition coefficient (Wildman–Crippen LogP) is 6.92. The van der Waals surface area contributed by atoms with Gasteiger partial charge in [-0.15, -0.1) is 0 Å². The Morgan fingerprint density at radius 1 is 1.15 bits per heavy atom. The van der Waals surface area contributed by atoms with Crippen LogP contribution >= 0.6 is 11.6 Å². The van der Waals surface area contributed by atoms with Crippen molar-refractivity contribution in [3.63, 3.8) is 0 Å². The fraction of sp³-hybridized carbons (Fsp3) is 0.429. The van der Waals surface area contributed by atoms with E-state index < -0.39 is 6.04 Å². The Balaban J connectivity index is 1.81. The number of benzene rings is 2. The summed E-state index contributed by atoms with van der Waals surface area (Å²) in [6.45, 7) is 9.46. The molecule has 1 aliphatic heterocycles. The molecule has 1 atom stereocenters. The number of fused-ring (bicyclic) bond motifs is 2. The van der Waals surface area contributed by atoms with E-state index >= 15 is 0 Å². The van der Waals surface area contributed by atoms with E-state index in [0.717, 1.165) is 42.6 Å². The van der Waals surface area contributed by atoms with Crippen LogP contribution in [0.15, 0.2) is 45.6 Å². The largest absolute Gasteiger partial charge is 0.494 e. The van der Waals surface area contributed by atoms with Crippen LogP contribution in [0, 0.1) is 12.8 Å². The van der Waals surface area contributed by atoms with Crippen LogP contribution in [0.2, 0.25) is 5.02 Å². The van der Waals surface area contributed by atoms with Gasteiger partial charge in [-0.3, -0.25) is 9.59 Å². The first-order chi connectivity index (χ1) is 16.3. The monoisotopic (exact) mass is 481 g/mol. The lowest BCUT2D eigenvalue weighted by atomic mass is 9.98. The first-order valence-corrected chi connectivity index (χ1v) is 12.5. The summed E-state index contributed by atoms with van der Waals surface area (Å²) in [5.74, 6) is 1.17. The smallest absolute Gasteiger partial charge is 0.290 e. The number of halogens is 1. The standard InChI is InChI=1S/C28H32ClNO4/c1-5-6-7-12-30-25(19-9-8-10-20(15-19)33-13-11-17(2)3)24-26(31)21-16-22(29)18(4)14-23(21)34-27(24)28(30)32/h8-10,14-17,25H,5-7,11-13H2,1-4H3. The van der Waals surface area contributed by atoms with Crippen LogP contribution in [-0.4, -0.2) is 24.0 Å². The number of carbonyl (C=O) groups excluding carboxylic acids is 1. The molecule has 2 heterocycles. The summed E-state index contributed by atoms with van der Waals surface area (Å²) >= 11 is 6.32. The molecule has 4 rings (SSSR count). The van der Waals surface area contributed by atoms with E-state index in [9.17, 15) is 9.59 Å². The number of rotatable bonds is 9. The van der Waals surface area contributed by atoms with Crippen LogP contribution in [0.1, 0.15) is 79.7 Å². The fourth-order valence-corrected chi connectivity index (χ4v) is 4.60. The summed E-state index contributed by atoms with van der Waals surface area (Å²) in [7, 11) is 0. The van der Waals surface area contributed by atoms with Crippen molar-refractivity contribution in [3.05, 3.63) is 74.1 Å². The van der Waals surface area contributed by atoms with Gasteiger partial charge in [-0.05, 0) is 61.1 Å². The number of amides is 1. The molecule has 34 heavy (non-hydrogen) atoms. The molecule has 0 bridgehead atoms. The molecule has 1 aromatic heterocycles. The molecule has 0 spiro atoms. The molecule has 1 unspecified atom stereocenters. The average molecular weight is 482 g/mol. The SMILES string of the molecule is CCCCCN1C(=O)c2oc3cc(C)c(Cl)cc3c(=O)c2C1c1cccc(OCCC(C)C)c1. The van der Waals surface area contributed by atoms with Crippen molar-refractivity contribution in [2.24, 2.45) is 5.92 Å². The second-order valence-electron chi connectivity index (χ2n) is 9.48. The normalized spacial score (nSPS) is 15.4. The molecule has 5 nitrogen and oxygen atoms in total. The van der Waals surface area contributed by atoms with Crippen LogP contribution in [0.5, 0.6) is 5.75 Å². The fourth-order valence-electron chi connectivity index (χ4n) is 4.44. The third-order valence-electron chi connectivity index (χ3n) is 6.39. The van der Waals surface area contributed by atoms with Gasteiger partial charge in [0.25, 0.3) is 5.91 Å². The van der Waals surface area contributed by atoms with E-state index in [4.69, 9.17) is 20.8 Å². The lowest BCUT2D eigenvalue weighted by molar-refractivity contribution is 0.0724. The highest BCUT2D eigenvalue weighted by Gasteiger charge is 2.42. The molecule has 180 valence electrons. The van der Waals surface area contributed by atoms with Crippen LogP contribution < -0.4 is 10.2 Å². The van der Waals surface area contributed by atoms with Crippen LogP contribution in [-0.2, 0) is 0 Å². The quantitative estimate of drug-likeness (QED) is 0.311. The minimum absolute atomic E-state index is 0.131. The molecule has 6 heteroatoms. The Bertz CT molecular complexity index is 1260. The van der Waals surface area contributed by atoms with Crippen molar-refractivity contribution in [3.8, 4) is 5.75 Å². The molecule has 0 aliphatic carbocycles. The van der Waals surface area contributed by atoms with Crippen molar-refractivity contribution < 1.29 is 13.9 Å². The lowest BCUT2D eigenvalue weighted by Crippen LogP contribution is -2.30. The minimum Gasteiger partial charge on any atom is -0.494 e. The first-order valence-electron chi connectivity index (χ1n) is 12.1.